The molecule has 1 rings (SSSR count). The van der Waals surface area contributed by atoms with Gasteiger partial charge >= 0.3 is 0 Å². The Morgan fingerprint density at radius 1 is 1.25 bits per heavy atom. The quantitative estimate of drug-likeness (QED) is 0.653. The summed E-state index contributed by atoms with van der Waals surface area (Å²) in [6.45, 7) is 3.85. The van der Waals surface area contributed by atoms with Crippen LogP contribution < -0.4 is 10.1 Å². The van der Waals surface area contributed by atoms with E-state index in [4.69, 9.17) is 16.3 Å². The molecular weight excluding hydrogens is 363 g/mol. The molecule has 0 radical (unpaired) electrons. The number of nitrogens with one attached hydrogen (secondary N) is 1. The van der Waals surface area contributed by atoms with Crippen LogP contribution in [0.3, 0.4) is 0 Å². The zero-order valence-electron chi connectivity index (χ0n) is 12.0. The van der Waals surface area contributed by atoms with E-state index in [0.29, 0.717) is 11.6 Å². The maximum atomic E-state index is 6.07. The average Bonchev–Trinajstić information content (AvgIpc) is 2.34. The highest BCUT2D eigenvalue weighted by atomic mass is 79.9. The van der Waals surface area contributed by atoms with Gasteiger partial charge in [-0.1, -0.05) is 27.5 Å². The molecule has 1 aromatic rings. The van der Waals surface area contributed by atoms with Crippen LogP contribution in [0.1, 0.15) is 12.8 Å². The standard InChI is InChI=1S/C14H22BrClN2O.ClH/c1-18(2)9-8-17-7-3-4-10-19-14-6-5-12(15)11-13(14)16;/h5-6,11,17H,3-4,7-10H2,1-2H3;1H. The van der Waals surface area contributed by atoms with Crippen molar-refractivity contribution < 1.29 is 4.74 Å². The molecule has 0 amide bonds. The van der Waals surface area contributed by atoms with Gasteiger partial charge in [0.15, 0.2) is 0 Å². The smallest absolute Gasteiger partial charge is 0.137 e. The summed E-state index contributed by atoms with van der Waals surface area (Å²) in [7, 11) is 4.16. The van der Waals surface area contributed by atoms with Crippen LogP contribution in [0.5, 0.6) is 5.75 Å². The fourth-order valence-electron chi connectivity index (χ4n) is 1.55. The highest BCUT2D eigenvalue weighted by Crippen LogP contribution is 2.27. The minimum Gasteiger partial charge on any atom is -0.492 e. The van der Waals surface area contributed by atoms with Gasteiger partial charge in [0.1, 0.15) is 5.75 Å². The van der Waals surface area contributed by atoms with Crippen LogP contribution in [0.25, 0.3) is 0 Å². The van der Waals surface area contributed by atoms with Crippen molar-refractivity contribution in [2.45, 2.75) is 12.8 Å². The van der Waals surface area contributed by atoms with Gasteiger partial charge < -0.3 is 15.0 Å². The summed E-state index contributed by atoms with van der Waals surface area (Å²) in [6.07, 6.45) is 2.14. The van der Waals surface area contributed by atoms with E-state index in [9.17, 15) is 0 Å². The molecule has 20 heavy (non-hydrogen) atoms. The number of ether oxygens (including phenoxy) is 1. The van der Waals surface area contributed by atoms with E-state index < -0.39 is 0 Å². The summed E-state index contributed by atoms with van der Waals surface area (Å²) >= 11 is 9.44. The molecule has 6 heteroatoms. The molecule has 0 unspecified atom stereocenters. The number of unbranched alkanes of at least 4 members (excludes halogenated alkanes) is 1. The molecular formula is C14H23BrCl2N2O. The van der Waals surface area contributed by atoms with Crippen molar-refractivity contribution in [2.24, 2.45) is 0 Å². The van der Waals surface area contributed by atoms with Gasteiger partial charge in [0.2, 0.25) is 0 Å². The number of rotatable bonds is 9. The monoisotopic (exact) mass is 384 g/mol. The second kappa shape index (κ2) is 11.6. The lowest BCUT2D eigenvalue weighted by Gasteiger charge is -2.11. The molecule has 0 atom stereocenters. The summed E-state index contributed by atoms with van der Waals surface area (Å²) in [5, 5.41) is 4.06. The van der Waals surface area contributed by atoms with Gasteiger partial charge in [0.25, 0.3) is 0 Å². The van der Waals surface area contributed by atoms with Crippen molar-refractivity contribution in [1.82, 2.24) is 10.2 Å². The third kappa shape index (κ3) is 9.03. The molecule has 0 bridgehead atoms. The zero-order chi connectivity index (χ0) is 14.1. The zero-order valence-corrected chi connectivity index (χ0v) is 15.2. The van der Waals surface area contributed by atoms with Crippen LogP contribution >= 0.6 is 39.9 Å². The Bertz CT molecular complexity index is 378. The molecule has 0 spiro atoms. The largest absolute Gasteiger partial charge is 0.492 e. The second-order valence-electron chi connectivity index (χ2n) is 4.68. The normalized spacial score (nSPS) is 10.4. The maximum Gasteiger partial charge on any atom is 0.137 e. The number of benzene rings is 1. The van der Waals surface area contributed by atoms with Gasteiger partial charge in [-0.15, -0.1) is 12.4 Å². The van der Waals surface area contributed by atoms with Gasteiger partial charge in [-0.05, 0) is 51.7 Å². The lowest BCUT2D eigenvalue weighted by atomic mass is 10.3. The molecule has 0 fully saturated rings. The molecule has 1 N–H and O–H groups in total. The molecule has 0 aromatic heterocycles. The molecule has 0 aliphatic carbocycles. The SMILES string of the molecule is CN(C)CCNCCCCOc1ccc(Br)cc1Cl.Cl. The highest BCUT2D eigenvalue weighted by Gasteiger charge is 2.01. The number of likely N-dealkylation sites (N-methyl/N-ethyl adjacent to an activating group) is 1. The molecule has 116 valence electrons. The predicted octanol–water partition coefficient (Wildman–Crippen LogP) is 3.83. The number of nitrogens with zero attached hydrogens (tertiary/aromatic N) is 1. The lowest BCUT2D eigenvalue weighted by Crippen LogP contribution is -2.27. The van der Waals surface area contributed by atoms with Gasteiger partial charge in [-0.25, -0.2) is 0 Å². The topological polar surface area (TPSA) is 24.5 Å². The Kier molecular flexibility index (Phi) is 11.6. The van der Waals surface area contributed by atoms with Crippen molar-refractivity contribution in [3.8, 4) is 5.75 Å². The van der Waals surface area contributed by atoms with Crippen LogP contribution in [0.15, 0.2) is 22.7 Å². The first-order chi connectivity index (χ1) is 9.09. The van der Waals surface area contributed by atoms with Crippen LogP contribution in [-0.4, -0.2) is 45.2 Å². The Morgan fingerprint density at radius 3 is 2.65 bits per heavy atom. The summed E-state index contributed by atoms with van der Waals surface area (Å²) in [5.74, 6) is 0.755. The molecule has 0 saturated carbocycles. The first-order valence-electron chi connectivity index (χ1n) is 6.53. The van der Waals surface area contributed by atoms with Gasteiger partial charge in [-0.2, -0.15) is 0 Å². The van der Waals surface area contributed by atoms with Gasteiger partial charge in [-0.3, -0.25) is 0 Å². The first kappa shape index (κ1) is 20.0. The summed E-state index contributed by atoms with van der Waals surface area (Å²) in [4.78, 5) is 2.17. The van der Waals surface area contributed by atoms with Crippen molar-refractivity contribution in [1.29, 1.82) is 0 Å². The van der Waals surface area contributed by atoms with E-state index in [1.807, 2.05) is 18.2 Å². The maximum absolute atomic E-state index is 6.07. The minimum absolute atomic E-state index is 0. The second-order valence-corrected chi connectivity index (χ2v) is 6.01. The van der Waals surface area contributed by atoms with Crippen molar-refractivity contribution in [3.63, 3.8) is 0 Å². The van der Waals surface area contributed by atoms with Crippen LogP contribution in [0.4, 0.5) is 0 Å². The van der Waals surface area contributed by atoms with Crippen LogP contribution in [0, 0.1) is 0 Å². The highest BCUT2D eigenvalue weighted by molar-refractivity contribution is 9.10. The molecule has 0 heterocycles. The van der Waals surface area contributed by atoms with Crippen molar-refractivity contribution >= 4 is 39.9 Å². The number of hydrogen-bond donors (Lipinski definition) is 1. The Hall–Kier alpha value is -0.000000000000000111. The minimum atomic E-state index is 0. The first-order valence-corrected chi connectivity index (χ1v) is 7.70. The molecule has 0 saturated heterocycles. The van der Waals surface area contributed by atoms with E-state index in [0.717, 1.165) is 42.7 Å². The third-order valence-electron chi connectivity index (χ3n) is 2.64. The van der Waals surface area contributed by atoms with Crippen molar-refractivity contribution in [3.05, 3.63) is 27.7 Å². The van der Waals surface area contributed by atoms with Gasteiger partial charge in [0, 0.05) is 17.6 Å². The van der Waals surface area contributed by atoms with E-state index >= 15 is 0 Å². The number of halogens is 3. The average molecular weight is 386 g/mol. The van der Waals surface area contributed by atoms with Gasteiger partial charge in [0.05, 0.1) is 11.6 Å². The third-order valence-corrected chi connectivity index (χ3v) is 3.42. The Labute approximate surface area is 141 Å². The van der Waals surface area contributed by atoms with E-state index in [1.54, 1.807) is 0 Å². The fourth-order valence-corrected chi connectivity index (χ4v) is 2.28. The predicted molar refractivity (Wildman–Crippen MR) is 92.6 cm³/mol. The van der Waals surface area contributed by atoms with E-state index in [2.05, 4.69) is 40.2 Å². The Morgan fingerprint density at radius 2 is 2.00 bits per heavy atom. The molecule has 0 aliphatic rings. The fraction of sp³-hybridized carbons (Fsp3) is 0.571. The van der Waals surface area contributed by atoms with Crippen LogP contribution in [-0.2, 0) is 0 Å². The van der Waals surface area contributed by atoms with Crippen molar-refractivity contribution in [2.75, 3.05) is 40.3 Å². The summed E-state index contributed by atoms with van der Waals surface area (Å²) in [6, 6.07) is 5.67. The lowest BCUT2D eigenvalue weighted by molar-refractivity contribution is 0.305. The molecule has 0 aliphatic heterocycles. The molecule has 1 aromatic carbocycles. The molecule has 3 nitrogen and oxygen atoms in total. The van der Waals surface area contributed by atoms with E-state index in [-0.39, 0.29) is 12.4 Å². The summed E-state index contributed by atoms with van der Waals surface area (Å²) < 4.78 is 6.62. The number of hydrogen-bond acceptors (Lipinski definition) is 3. The van der Waals surface area contributed by atoms with E-state index in [1.165, 1.54) is 0 Å². The summed E-state index contributed by atoms with van der Waals surface area (Å²) in [5.41, 5.74) is 0. The van der Waals surface area contributed by atoms with Crippen LogP contribution in [0.2, 0.25) is 5.02 Å². The Balaban J connectivity index is 0.00000361.